The third-order valence-corrected chi connectivity index (χ3v) is 2.23. The second-order valence-corrected chi connectivity index (χ2v) is 3.94. The molecule has 1 aliphatic rings. The Morgan fingerprint density at radius 1 is 1.83 bits per heavy atom. The first-order valence-corrected chi connectivity index (χ1v) is 4.59. The Kier molecular flexibility index (Phi) is 3.29. The highest BCUT2D eigenvalue weighted by Gasteiger charge is 2.34. The standard InChI is InChI=1S/C8H12BrNO2/c1-6(9)5-10-4-3-7(10)8(11)12-2/h7H,1,3-5H2,2H3. The SMILES string of the molecule is C=C(Br)CN1CCC1C(=O)OC. The van der Waals surface area contributed by atoms with E-state index in [1.807, 2.05) is 4.90 Å². The maximum Gasteiger partial charge on any atom is 0.323 e. The van der Waals surface area contributed by atoms with Crippen LogP contribution in [0.25, 0.3) is 0 Å². The monoisotopic (exact) mass is 233 g/mol. The fourth-order valence-electron chi connectivity index (χ4n) is 1.25. The Morgan fingerprint density at radius 2 is 2.50 bits per heavy atom. The fraction of sp³-hybridized carbons (Fsp3) is 0.625. The molecular formula is C8H12BrNO2. The molecule has 0 radical (unpaired) electrons. The number of hydrogen-bond donors (Lipinski definition) is 0. The zero-order valence-electron chi connectivity index (χ0n) is 7.05. The Bertz CT molecular complexity index is 205. The summed E-state index contributed by atoms with van der Waals surface area (Å²) in [6.45, 7) is 5.39. The molecular weight excluding hydrogens is 222 g/mol. The molecule has 1 saturated heterocycles. The summed E-state index contributed by atoms with van der Waals surface area (Å²) in [6, 6.07) is -0.0516. The van der Waals surface area contributed by atoms with Crippen LogP contribution in [-0.4, -0.2) is 37.1 Å². The molecule has 0 bridgehead atoms. The van der Waals surface area contributed by atoms with E-state index in [0.29, 0.717) is 0 Å². The third-order valence-electron chi connectivity index (χ3n) is 1.98. The summed E-state index contributed by atoms with van der Waals surface area (Å²) in [7, 11) is 1.42. The van der Waals surface area contributed by atoms with Gasteiger partial charge in [0.25, 0.3) is 0 Å². The quantitative estimate of drug-likeness (QED) is 0.686. The van der Waals surface area contributed by atoms with Crippen LogP contribution in [0.1, 0.15) is 6.42 Å². The average molecular weight is 234 g/mol. The molecule has 0 aromatic carbocycles. The largest absolute Gasteiger partial charge is 0.468 e. The van der Waals surface area contributed by atoms with E-state index >= 15 is 0 Å². The number of esters is 1. The van der Waals surface area contributed by atoms with Gasteiger partial charge in [0.2, 0.25) is 0 Å². The highest BCUT2D eigenvalue weighted by Crippen LogP contribution is 2.20. The molecule has 0 aromatic rings. The van der Waals surface area contributed by atoms with Crippen molar-refractivity contribution in [3.8, 4) is 0 Å². The van der Waals surface area contributed by atoms with Gasteiger partial charge in [-0.1, -0.05) is 22.5 Å². The molecule has 0 spiro atoms. The number of carbonyl (C=O) groups excluding carboxylic acids is 1. The first-order valence-electron chi connectivity index (χ1n) is 3.80. The van der Waals surface area contributed by atoms with Gasteiger partial charge in [-0.3, -0.25) is 9.69 Å². The lowest BCUT2D eigenvalue weighted by Crippen LogP contribution is -2.52. The summed E-state index contributed by atoms with van der Waals surface area (Å²) < 4.78 is 5.54. The molecule has 0 saturated carbocycles. The number of methoxy groups -OCH3 is 1. The number of halogens is 1. The third kappa shape index (κ3) is 2.08. The number of nitrogens with zero attached hydrogens (tertiary/aromatic N) is 1. The van der Waals surface area contributed by atoms with Gasteiger partial charge in [-0.15, -0.1) is 0 Å². The van der Waals surface area contributed by atoms with E-state index in [-0.39, 0.29) is 12.0 Å². The smallest absolute Gasteiger partial charge is 0.323 e. The number of ether oxygens (including phenoxy) is 1. The lowest BCUT2D eigenvalue weighted by Gasteiger charge is -2.38. The van der Waals surface area contributed by atoms with Gasteiger partial charge < -0.3 is 4.74 Å². The van der Waals surface area contributed by atoms with Gasteiger partial charge in [-0.2, -0.15) is 0 Å². The highest BCUT2D eigenvalue weighted by molar-refractivity contribution is 9.11. The van der Waals surface area contributed by atoms with Crippen LogP contribution in [0.3, 0.4) is 0 Å². The van der Waals surface area contributed by atoms with Crippen molar-refractivity contribution < 1.29 is 9.53 Å². The Balaban J connectivity index is 2.38. The van der Waals surface area contributed by atoms with E-state index < -0.39 is 0 Å². The number of carbonyl (C=O) groups is 1. The summed E-state index contributed by atoms with van der Waals surface area (Å²) in [5.41, 5.74) is 0. The molecule has 0 amide bonds. The van der Waals surface area contributed by atoms with Gasteiger partial charge >= 0.3 is 5.97 Å². The zero-order valence-corrected chi connectivity index (χ0v) is 8.63. The summed E-state index contributed by atoms with van der Waals surface area (Å²) in [5, 5.41) is 0. The van der Waals surface area contributed by atoms with Crippen LogP contribution in [0.4, 0.5) is 0 Å². The summed E-state index contributed by atoms with van der Waals surface area (Å²) in [4.78, 5) is 13.1. The summed E-state index contributed by atoms with van der Waals surface area (Å²) in [5.74, 6) is -0.144. The van der Waals surface area contributed by atoms with Gasteiger partial charge in [-0.25, -0.2) is 0 Å². The van der Waals surface area contributed by atoms with Gasteiger partial charge in [-0.05, 0) is 6.42 Å². The van der Waals surface area contributed by atoms with Crippen LogP contribution in [0.5, 0.6) is 0 Å². The second-order valence-electron chi connectivity index (χ2n) is 2.82. The minimum Gasteiger partial charge on any atom is -0.468 e. The highest BCUT2D eigenvalue weighted by atomic mass is 79.9. The van der Waals surface area contributed by atoms with Crippen molar-refractivity contribution >= 4 is 21.9 Å². The van der Waals surface area contributed by atoms with E-state index in [1.54, 1.807) is 0 Å². The molecule has 1 fully saturated rings. The van der Waals surface area contributed by atoms with E-state index in [0.717, 1.165) is 24.0 Å². The van der Waals surface area contributed by atoms with Crippen LogP contribution in [0.2, 0.25) is 0 Å². The molecule has 12 heavy (non-hydrogen) atoms. The molecule has 4 heteroatoms. The predicted molar refractivity (Wildman–Crippen MR) is 50.1 cm³/mol. The van der Waals surface area contributed by atoms with E-state index in [2.05, 4.69) is 27.2 Å². The first-order chi connectivity index (χ1) is 5.65. The second kappa shape index (κ2) is 4.05. The fourth-order valence-corrected chi connectivity index (χ4v) is 1.58. The minimum atomic E-state index is -0.144. The average Bonchev–Trinajstić information content (AvgIpc) is 1.98. The number of hydrogen-bond acceptors (Lipinski definition) is 3. The normalized spacial score (nSPS) is 23.0. The Labute approximate surface area is 80.5 Å². The lowest BCUT2D eigenvalue weighted by molar-refractivity contribution is -0.151. The number of likely N-dealkylation sites (tertiary alicyclic amines) is 1. The molecule has 1 aliphatic heterocycles. The maximum atomic E-state index is 11.1. The molecule has 68 valence electrons. The van der Waals surface area contributed by atoms with Crippen molar-refractivity contribution in [3.63, 3.8) is 0 Å². The topological polar surface area (TPSA) is 29.5 Å². The summed E-state index contributed by atoms with van der Waals surface area (Å²) in [6.07, 6.45) is 0.896. The van der Waals surface area contributed by atoms with Crippen molar-refractivity contribution in [3.05, 3.63) is 11.1 Å². The van der Waals surface area contributed by atoms with Crippen molar-refractivity contribution in [1.82, 2.24) is 4.90 Å². The molecule has 0 N–H and O–H groups in total. The van der Waals surface area contributed by atoms with Crippen LogP contribution >= 0.6 is 15.9 Å². The lowest BCUT2D eigenvalue weighted by atomic mass is 10.0. The van der Waals surface area contributed by atoms with Crippen molar-refractivity contribution in [2.24, 2.45) is 0 Å². The number of rotatable bonds is 3. The molecule has 1 heterocycles. The van der Waals surface area contributed by atoms with Crippen LogP contribution in [-0.2, 0) is 9.53 Å². The van der Waals surface area contributed by atoms with E-state index in [1.165, 1.54) is 7.11 Å². The van der Waals surface area contributed by atoms with E-state index in [4.69, 9.17) is 0 Å². The molecule has 0 aliphatic carbocycles. The van der Waals surface area contributed by atoms with Gasteiger partial charge in [0.1, 0.15) is 6.04 Å². The minimum absolute atomic E-state index is 0.0516. The van der Waals surface area contributed by atoms with Crippen LogP contribution < -0.4 is 0 Å². The van der Waals surface area contributed by atoms with Gasteiger partial charge in [0.15, 0.2) is 0 Å². The Hall–Kier alpha value is -0.350. The van der Waals surface area contributed by atoms with Crippen molar-refractivity contribution in [1.29, 1.82) is 0 Å². The molecule has 3 nitrogen and oxygen atoms in total. The first kappa shape index (κ1) is 9.74. The van der Waals surface area contributed by atoms with E-state index in [9.17, 15) is 4.79 Å². The van der Waals surface area contributed by atoms with Gasteiger partial charge in [0.05, 0.1) is 7.11 Å². The van der Waals surface area contributed by atoms with Gasteiger partial charge in [0, 0.05) is 17.6 Å². The zero-order chi connectivity index (χ0) is 9.14. The Morgan fingerprint density at radius 3 is 2.83 bits per heavy atom. The molecule has 1 atom stereocenters. The van der Waals surface area contributed by atoms with Crippen molar-refractivity contribution in [2.75, 3.05) is 20.2 Å². The molecule has 1 unspecified atom stereocenters. The van der Waals surface area contributed by atoms with Crippen LogP contribution in [0, 0.1) is 0 Å². The predicted octanol–water partition coefficient (Wildman–Crippen LogP) is 1.14. The molecule has 0 aromatic heterocycles. The summed E-state index contributed by atoms with van der Waals surface area (Å²) >= 11 is 3.26. The maximum absolute atomic E-state index is 11.1. The van der Waals surface area contributed by atoms with Crippen LogP contribution in [0.15, 0.2) is 11.1 Å². The molecule has 1 rings (SSSR count). The van der Waals surface area contributed by atoms with Crippen molar-refractivity contribution in [2.45, 2.75) is 12.5 Å².